The predicted octanol–water partition coefficient (Wildman–Crippen LogP) is -1.81. The Morgan fingerprint density at radius 1 is 1.36 bits per heavy atom. The average molecular weight is 206 g/mol. The first kappa shape index (κ1) is 11.4. The molecule has 4 N–H and O–H groups in total. The summed E-state index contributed by atoms with van der Waals surface area (Å²) in [7, 11) is 0. The lowest BCUT2D eigenvalue weighted by molar-refractivity contribution is -0.212. The summed E-state index contributed by atoms with van der Waals surface area (Å²) in [6, 6.07) is 0. The van der Waals surface area contributed by atoms with Crippen LogP contribution in [0.5, 0.6) is 0 Å². The maximum atomic E-state index is 10.7. The van der Waals surface area contributed by atoms with Crippen molar-refractivity contribution < 1.29 is 30.0 Å². The van der Waals surface area contributed by atoms with Crippen LogP contribution in [0.2, 0.25) is 0 Å². The van der Waals surface area contributed by atoms with Gasteiger partial charge in [0.15, 0.2) is 0 Å². The van der Waals surface area contributed by atoms with Crippen molar-refractivity contribution >= 4 is 5.97 Å². The fourth-order valence-corrected chi connectivity index (χ4v) is 1.65. The van der Waals surface area contributed by atoms with Crippen molar-refractivity contribution in [1.29, 1.82) is 0 Å². The third kappa shape index (κ3) is 1.88. The largest absolute Gasteiger partial charge is 0.481 e. The number of rotatable bonds is 2. The zero-order valence-electron chi connectivity index (χ0n) is 7.70. The Hall–Kier alpha value is -0.690. The zero-order chi connectivity index (χ0) is 10.9. The van der Waals surface area contributed by atoms with Crippen LogP contribution in [0.3, 0.4) is 0 Å². The molecule has 1 saturated heterocycles. The number of hydrogen-bond donors (Lipinski definition) is 4. The maximum Gasteiger partial charge on any atom is 0.311 e. The van der Waals surface area contributed by atoms with E-state index in [1.165, 1.54) is 6.92 Å². The number of carbonyl (C=O) groups is 1. The lowest BCUT2D eigenvalue weighted by atomic mass is 9.87. The molecule has 0 radical (unpaired) electrons. The second-order valence-corrected chi connectivity index (χ2v) is 3.41. The highest BCUT2D eigenvalue weighted by atomic mass is 16.5. The molecule has 6 nitrogen and oxygen atoms in total. The van der Waals surface area contributed by atoms with Gasteiger partial charge in [0.25, 0.3) is 0 Å². The topological polar surface area (TPSA) is 107 Å². The summed E-state index contributed by atoms with van der Waals surface area (Å²) in [6.07, 6.45) is -4.43. The van der Waals surface area contributed by atoms with Crippen molar-refractivity contribution in [3.8, 4) is 0 Å². The van der Waals surface area contributed by atoms with Gasteiger partial charge in [0.05, 0.1) is 18.8 Å². The van der Waals surface area contributed by atoms with Crippen LogP contribution in [0.1, 0.15) is 6.92 Å². The van der Waals surface area contributed by atoms with Gasteiger partial charge in [-0.2, -0.15) is 0 Å². The number of ether oxygens (including phenoxy) is 1. The summed E-state index contributed by atoms with van der Waals surface area (Å²) in [6.45, 7) is 1.03. The molecule has 5 atom stereocenters. The summed E-state index contributed by atoms with van der Waals surface area (Å²) in [4.78, 5) is 10.7. The molecule has 82 valence electrons. The molecule has 0 aromatic carbocycles. The molecular formula is C8H14O6. The van der Waals surface area contributed by atoms with Gasteiger partial charge in [-0.3, -0.25) is 4.79 Å². The van der Waals surface area contributed by atoms with Gasteiger partial charge in [0.2, 0.25) is 0 Å². The summed E-state index contributed by atoms with van der Waals surface area (Å²) >= 11 is 0. The van der Waals surface area contributed by atoms with Gasteiger partial charge in [-0.05, 0) is 6.92 Å². The lowest BCUT2D eigenvalue weighted by Crippen LogP contribution is -2.57. The number of aliphatic carboxylic acids is 1. The van der Waals surface area contributed by atoms with Gasteiger partial charge in [0.1, 0.15) is 18.1 Å². The van der Waals surface area contributed by atoms with Gasteiger partial charge >= 0.3 is 5.97 Å². The second kappa shape index (κ2) is 4.22. The molecule has 1 aliphatic heterocycles. The normalized spacial score (nSPS) is 43.6. The average Bonchev–Trinajstić information content (AvgIpc) is 2.10. The van der Waals surface area contributed by atoms with Crippen LogP contribution in [0, 0.1) is 5.92 Å². The van der Waals surface area contributed by atoms with Crippen molar-refractivity contribution in [2.24, 2.45) is 5.92 Å². The van der Waals surface area contributed by atoms with Crippen LogP contribution in [0.25, 0.3) is 0 Å². The van der Waals surface area contributed by atoms with E-state index in [9.17, 15) is 15.0 Å². The molecule has 0 spiro atoms. The Balaban J connectivity index is 2.79. The highest BCUT2D eigenvalue weighted by Gasteiger charge is 2.45. The minimum Gasteiger partial charge on any atom is -0.481 e. The quantitative estimate of drug-likeness (QED) is 0.424. The first-order valence-corrected chi connectivity index (χ1v) is 4.34. The first-order chi connectivity index (χ1) is 6.49. The van der Waals surface area contributed by atoms with E-state index < -0.39 is 42.9 Å². The van der Waals surface area contributed by atoms with E-state index in [0.29, 0.717) is 0 Å². The molecule has 0 aromatic heterocycles. The smallest absolute Gasteiger partial charge is 0.311 e. The van der Waals surface area contributed by atoms with Crippen LogP contribution >= 0.6 is 0 Å². The lowest BCUT2D eigenvalue weighted by Gasteiger charge is -2.39. The van der Waals surface area contributed by atoms with Gasteiger partial charge in [0, 0.05) is 0 Å². The SMILES string of the molecule is C[C@H]1O[C@H](CO)[C@@H](O)[C@H](O)[C@H]1C(=O)O. The molecule has 0 aliphatic carbocycles. The summed E-state index contributed by atoms with van der Waals surface area (Å²) in [5.41, 5.74) is 0. The Bertz CT molecular complexity index is 218. The van der Waals surface area contributed by atoms with E-state index in [4.69, 9.17) is 14.9 Å². The zero-order valence-corrected chi connectivity index (χ0v) is 7.70. The monoisotopic (exact) mass is 206 g/mol. The minimum absolute atomic E-state index is 0.449. The molecule has 0 saturated carbocycles. The van der Waals surface area contributed by atoms with Crippen molar-refractivity contribution in [2.45, 2.75) is 31.3 Å². The number of aliphatic hydroxyl groups excluding tert-OH is 3. The third-order valence-electron chi connectivity index (χ3n) is 2.46. The molecule has 0 unspecified atom stereocenters. The second-order valence-electron chi connectivity index (χ2n) is 3.41. The molecule has 1 fully saturated rings. The third-order valence-corrected chi connectivity index (χ3v) is 2.46. The van der Waals surface area contributed by atoms with Gasteiger partial charge in [-0.1, -0.05) is 0 Å². The van der Waals surface area contributed by atoms with E-state index in [1.54, 1.807) is 0 Å². The van der Waals surface area contributed by atoms with Crippen molar-refractivity contribution in [3.63, 3.8) is 0 Å². The molecule has 0 aromatic rings. The van der Waals surface area contributed by atoms with Crippen molar-refractivity contribution in [3.05, 3.63) is 0 Å². The fraction of sp³-hybridized carbons (Fsp3) is 0.875. The van der Waals surface area contributed by atoms with Crippen molar-refractivity contribution in [1.82, 2.24) is 0 Å². The van der Waals surface area contributed by atoms with Gasteiger partial charge in [-0.25, -0.2) is 0 Å². The Kier molecular flexibility index (Phi) is 3.43. The van der Waals surface area contributed by atoms with E-state index in [1.807, 2.05) is 0 Å². The predicted molar refractivity (Wildman–Crippen MR) is 44.6 cm³/mol. The minimum atomic E-state index is -1.41. The number of carboxylic acid groups (broad SMARTS) is 1. The molecule has 6 heteroatoms. The van der Waals surface area contributed by atoms with E-state index in [0.717, 1.165) is 0 Å². The molecule has 0 amide bonds. The number of carboxylic acids is 1. The molecule has 0 bridgehead atoms. The molecule has 1 rings (SSSR count). The van der Waals surface area contributed by atoms with E-state index in [2.05, 4.69) is 0 Å². The van der Waals surface area contributed by atoms with Gasteiger partial charge in [-0.15, -0.1) is 0 Å². The molecule has 14 heavy (non-hydrogen) atoms. The molecule has 1 heterocycles. The standard InChI is InChI=1S/C8H14O6/c1-3-5(8(12)13)7(11)6(10)4(2-9)14-3/h3-7,9-11H,2H2,1H3,(H,12,13)/t3-,4-,5+,6-,7-/m1/s1. The van der Waals surface area contributed by atoms with Crippen LogP contribution in [-0.4, -0.2) is 57.4 Å². The summed E-state index contributed by atoms with van der Waals surface area (Å²) in [5.74, 6) is -2.38. The van der Waals surface area contributed by atoms with Crippen molar-refractivity contribution in [2.75, 3.05) is 6.61 Å². The fourth-order valence-electron chi connectivity index (χ4n) is 1.65. The van der Waals surface area contributed by atoms with E-state index >= 15 is 0 Å². The summed E-state index contributed by atoms with van der Waals surface area (Å²) in [5, 5.41) is 36.4. The highest BCUT2D eigenvalue weighted by molar-refractivity contribution is 5.71. The van der Waals surface area contributed by atoms with Crippen LogP contribution < -0.4 is 0 Å². The molecule has 1 aliphatic rings. The maximum absolute atomic E-state index is 10.7. The first-order valence-electron chi connectivity index (χ1n) is 4.34. The number of aliphatic hydroxyl groups is 3. The van der Waals surface area contributed by atoms with Gasteiger partial charge < -0.3 is 25.2 Å². The Labute approximate surface area is 80.7 Å². The molecular weight excluding hydrogens is 192 g/mol. The van der Waals surface area contributed by atoms with Crippen LogP contribution in [0.15, 0.2) is 0 Å². The summed E-state index contributed by atoms with van der Waals surface area (Å²) < 4.78 is 5.05. The highest BCUT2D eigenvalue weighted by Crippen LogP contribution is 2.26. The van der Waals surface area contributed by atoms with E-state index in [-0.39, 0.29) is 0 Å². The van der Waals surface area contributed by atoms with Crippen LogP contribution in [-0.2, 0) is 9.53 Å². The Morgan fingerprint density at radius 3 is 2.36 bits per heavy atom. The Morgan fingerprint density at radius 2 is 1.93 bits per heavy atom. The number of hydrogen-bond acceptors (Lipinski definition) is 5. The van der Waals surface area contributed by atoms with Crippen LogP contribution in [0.4, 0.5) is 0 Å².